The first-order valence-corrected chi connectivity index (χ1v) is 13.1. The van der Waals surface area contributed by atoms with Crippen LogP contribution in [0.25, 0.3) is 11.4 Å². The second-order valence-corrected chi connectivity index (χ2v) is 9.57. The zero-order valence-electron chi connectivity index (χ0n) is 23.0. The Morgan fingerprint density at radius 2 is 1.94 bits per heavy atom. The summed E-state index contributed by atoms with van der Waals surface area (Å²) in [6, 6.07) is 6.08. The fraction of sp³-hybridized carbons (Fsp3) is 0.500. The number of aryl methyl sites for hydroxylation is 2. The highest BCUT2D eigenvalue weighted by Crippen LogP contribution is 2.43. The van der Waals surface area contributed by atoms with Crippen molar-refractivity contribution < 1.29 is 5.11 Å². The van der Waals surface area contributed by atoms with Gasteiger partial charge in [0, 0.05) is 36.3 Å². The molecule has 0 spiro atoms. The molecule has 0 amide bonds. The number of pyridine rings is 1. The quantitative estimate of drug-likeness (QED) is 0.367. The van der Waals surface area contributed by atoms with Gasteiger partial charge in [0.15, 0.2) is 0 Å². The summed E-state index contributed by atoms with van der Waals surface area (Å²) in [5.41, 5.74) is 11.5. The van der Waals surface area contributed by atoms with Gasteiger partial charge in [0.05, 0.1) is 17.5 Å². The van der Waals surface area contributed by atoms with E-state index in [1.54, 1.807) is 6.21 Å². The number of hydrogen-bond donors (Lipinski definition) is 2. The molecule has 2 aliphatic rings. The molecule has 0 radical (unpaired) electrons. The maximum Gasteiger partial charge on any atom is 0.112 e. The van der Waals surface area contributed by atoms with Crippen LogP contribution in [0.1, 0.15) is 84.2 Å². The third kappa shape index (κ3) is 8.30. The molecule has 1 aliphatic heterocycles. The largest absolute Gasteiger partial charge is 0.401 e. The van der Waals surface area contributed by atoms with Crippen LogP contribution in [0.4, 0.5) is 0 Å². The normalized spacial score (nSPS) is 21.8. The molecule has 196 valence electrons. The van der Waals surface area contributed by atoms with Gasteiger partial charge in [0.2, 0.25) is 0 Å². The molecule has 0 saturated heterocycles. The van der Waals surface area contributed by atoms with Crippen molar-refractivity contribution in [1.82, 2.24) is 14.5 Å². The molecular formula is C30H45N5O. The van der Waals surface area contributed by atoms with Crippen LogP contribution in [-0.2, 0) is 6.54 Å². The van der Waals surface area contributed by atoms with Crippen LogP contribution in [0.3, 0.4) is 0 Å². The maximum absolute atomic E-state index is 9.87. The van der Waals surface area contributed by atoms with E-state index < -0.39 is 0 Å². The van der Waals surface area contributed by atoms with E-state index >= 15 is 0 Å². The first kappa shape index (κ1) is 29.2. The first-order chi connectivity index (χ1) is 17.2. The van der Waals surface area contributed by atoms with Crippen LogP contribution in [0.2, 0.25) is 0 Å². The Labute approximate surface area is 217 Å². The van der Waals surface area contributed by atoms with Gasteiger partial charge in [0.25, 0.3) is 0 Å². The highest BCUT2D eigenvalue weighted by atomic mass is 16.3. The molecular weight excluding hydrogens is 446 g/mol. The summed E-state index contributed by atoms with van der Waals surface area (Å²) < 4.78 is 2.30. The molecule has 1 fully saturated rings. The van der Waals surface area contributed by atoms with E-state index in [1.807, 2.05) is 71.9 Å². The second-order valence-electron chi connectivity index (χ2n) is 9.57. The Morgan fingerprint density at radius 3 is 2.47 bits per heavy atom. The zero-order valence-corrected chi connectivity index (χ0v) is 23.0. The minimum Gasteiger partial charge on any atom is -0.401 e. The topological polar surface area (TPSA) is 89.3 Å². The molecule has 2 aromatic heterocycles. The number of hydrogen-bond acceptors (Lipinski definition) is 5. The van der Waals surface area contributed by atoms with Crippen molar-refractivity contribution in [3.8, 4) is 11.4 Å². The zero-order chi connectivity index (χ0) is 26.7. The lowest BCUT2D eigenvalue weighted by Crippen LogP contribution is -2.32. The monoisotopic (exact) mass is 491 g/mol. The smallest absolute Gasteiger partial charge is 0.112 e. The summed E-state index contributed by atoms with van der Waals surface area (Å²) in [5, 5.41) is 9.87. The van der Waals surface area contributed by atoms with Crippen LogP contribution in [0.5, 0.6) is 0 Å². The van der Waals surface area contributed by atoms with Crippen molar-refractivity contribution in [2.75, 3.05) is 0 Å². The van der Waals surface area contributed by atoms with Gasteiger partial charge in [0.1, 0.15) is 11.5 Å². The van der Waals surface area contributed by atoms with Gasteiger partial charge in [-0.25, -0.2) is 4.98 Å². The van der Waals surface area contributed by atoms with Crippen molar-refractivity contribution in [2.24, 2.45) is 16.6 Å². The highest BCUT2D eigenvalue weighted by Gasteiger charge is 2.36. The Balaban J connectivity index is 0.000000254. The van der Waals surface area contributed by atoms with E-state index in [4.69, 9.17) is 10.7 Å². The average Bonchev–Trinajstić information content (AvgIpc) is 3.32. The summed E-state index contributed by atoms with van der Waals surface area (Å²) in [6.45, 7) is 16.4. The number of aliphatic hydroxyl groups excluding tert-OH is 1. The number of nitrogens with two attached hydrogens (primary N) is 1. The number of rotatable bonds is 4. The lowest BCUT2D eigenvalue weighted by Gasteiger charge is -2.37. The van der Waals surface area contributed by atoms with E-state index in [0.717, 1.165) is 67.1 Å². The minimum absolute atomic E-state index is 0.106. The number of aliphatic hydroxyl groups is 1. The number of imidazole rings is 1. The molecule has 6 heteroatoms. The van der Waals surface area contributed by atoms with E-state index in [2.05, 4.69) is 27.3 Å². The third-order valence-electron chi connectivity index (χ3n) is 6.84. The molecule has 2 aromatic rings. The molecule has 3 atom stereocenters. The highest BCUT2D eigenvalue weighted by molar-refractivity contribution is 5.55. The van der Waals surface area contributed by atoms with E-state index in [9.17, 15) is 5.11 Å². The SMILES string of the molecule is C=C/C(C)=C\C.CC=N/C(CC)=C(/C)N.Cc1cccc(-c2cn3c(n2)C2CCC(O)C[C@@H]2CC3)n1. The van der Waals surface area contributed by atoms with Crippen molar-refractivity contribution in [3.05, 3.63) is 71.6 Å². The van der Waals surface area contributed by atoms with Crippen molar-refractivity contribution in [1.29, 1.82) is 0 Å². The second kappa shape index (κ2) is 14.5. The average molecular weight is 492 g/mol. The Bertz CT molecular complexity index is 1070. The van der Waals surface area contributed by atoms with Gasteiger partial charge in [-0.2, -0.15) is 0 Å². The predicted molar refractivity (Wildman–Crippen MR) is 152 cm³/mol. The fourth-order valence-corrected chi connectivity index (χ4v) is 4.66. The van der Waals surface area contributed by atoms with Crippen molar-refractivity contribution in [3.63, 3.8) is 0 Å². The van der Waals surface area contributed by atoms with E-state index in [0.29, 0.717) is 11.8 Å². The first-order valence-electron chi connectivity index (χ1n) is 13.1. The minimum atomic E-state index is -0.106. The predicted octanol–water partition coefficient (Wildman–Crippen LogP) is 6.72. The summed E-state index contributed by atoms with van der Waals surface area (Å²) in [7, 11) is 0. The summed E-state index contributed by atoms with van der Waals surface area (Å²) in [4.78, 5) is 13.5. The third-order valence-corrected chi connectivity index (χ3v) is 6.84. The fourth-order valence-electron chi connectivity index (χ4n) is 4.66. The Morgan fingerprint density at radius 1 is 1.19 bits per heavy atom. The lowest BCUT2D eigenvalue weighted by molar-refractivity contribution is 0.0748. The van der Waals surface area contributed by atoms with Crippen LogP contribution in [-0.4, -0.2) is 32.0 Å². The van der Waals surface area contributed by atoms with Crippen molar-refractivity contribution in [2.45, 2.75) is 92.2 Å². The van der Waals surface area contributed by atoms with Crippen LogP contribution < -0.4 is 5.73 Å². The van der Waals surface area contributed by atoms with E-state index in [-0.39, 0.29) is 6.10 Å². The molecule has 0 bridgehead atoms. The van der Waals surface area contributed by atoms with E-state index in [1.165, 1.54) is 11.4 Å². The van der Waals surface area contributed by atoms with Gasteiger partial charge < -0.3 is 15.4 Å². The summed E-state index contributed by atoms with van der Waals surface area (Å²) >= 11 is 0. The summed E-state index contributed by atoms with van der Waals surface area (Å²) in [5.74, 6) is 2.32. The Kier molecular flexibility index (Phi) is 11.8. The molecule has 0 aromatic carbocycles. The van der Waals surface area contributed by atoms with Gasteiger partial charge in [-0.1, -0.05) is 37.3 Å². The number of allylic oxidation sites excluding steroid dienone is 5. The number of aromatic nitrogens is 3. The van der Waals surface area contributed by atoms with Gasteiger partial charge in [-0.05, 0) is 84.8 Å². The molecule has 2 unspecified atom stereocenters. The molecule has 6 nitrogen and oxygen atoms in total. The molecule has 4 rings (SSSR count). The van der Waals surface area contributed by atoms with Crippen molar-refractivity contribution >= 4 is 6.21 Å². The number of fused-ring (bicyclic) bond motifs is 3. The van der Waals surface area contributed by atoms with Gasteiger partial charge in [-0.3, -0.25) is 9.98 Å². The molecule has 1 aliphatic carbocycles. The molecule has 3 heterocycles. The van der Waals surface area contributed by atoms with Gasteiger partial charge in [-0.15, -0.1) is 0 Å². The van der Waals surface area contributed by atoms with Gasteiger partial charge >= 0.3 is 0 Å². The number of nitrogens with zero attached hydrogens (tertiary/aromatic N) is 4. The molecule has 1 saturated carbocycles. The summed E-state index contributed by atoms with van der Waals surface area (Å²) in [6.07, 6.45) is 12.6. The van der Waals surface area contributed by atoms with Crippen LogP contribution >= 0.6 is 0 Å². The standard InChI is InChI=1S/C17H21N3O.C7H14N2.C6H10/c1-11-3-2-4-15(18-11)16-10-20-8-7-12-9-13(21)5-6-14(12)17(20)19-16;1-4-7(6(3)8)9-5-2;1-4-6(3)5-2/h2-4,10,12-14,21H,5-9H2,1H3;5H,4,8H2,1-3H3;4-5H,1H2,2-3H3/b;7-6-,9-5?;6-5-/t12-,13?,14?;;/m0../s1. The molecule has 3 N–H and O–H groups in total. The number of aliphatic imine (C=N–C) groups is 1. The van der Waals surface area contributed by atoms with Crippen LogP contribution in [0, 0.1) is 12.8 Å². The Hall–Kier alpha value is -2.99. The lowest BCUT2D eigenvalue weighted by atomic mass is 9.74. The maximum atomic E-state index is 9.87. The van der Waals surface area contributed by atoms with Crippen LogP contribution in [0.15, 0.2) is 65.1 Å². The molecule has 36 heavy (non-hydrogen) atoms.